The number of fused-ring (bicyclic) bond motifs is 1. The van der Waals surface area contributed by atoms with Gasteiger partial charge in [-0.15, -0.1) is 0 Å². The summed E-state index contributed by atoms with van der Waals surface area (Å²) in [5.74, 6) is -0.638. The molecule has 0 aliphatic carbocycles. The maximum atomic E-state index is 12.1. The van der Waals surface area contributed by atoms with E-state index < -0.39 is 16.0 Å². The summed E-state index contributed by atoms with van der Waals surface area (Å²) >= 11 is 0. The second kappa shape index (κ2) is 9.00. The molecular weight excluding hydrogens is 392 g/mol. The number of aliphatic imine (C=N–C) groups is 1. The highest BCUT2D eigenvalue weighted by atomic mass is 32.2. The van der Waals surface area contributed by atoms with Crippen LogP contribution in [-0.2, 0) is 26.0 Å². The Hall–Kier alpha value is -3.00. The molecule has 0 spiro atoms. The number of ether oxygens (including phenoxy) is 1. The van der Waals surface area contributed by atoms with Crippen LogP contribution in [0.25, 0.3) is 0 Å². The number of hydrogen-bond donors (Lipinski definition) is 1. The molecule has 2 aromatic carbocycles. The number of Topliss-reactive ketones (excluding diaryl/α,β-unsaturated/α-hetero) is 1. The molecule has 0 aromatic heterocycles. The maximum absolute atomic E-state index is 12.1. The third kappa shape index (κ3) is 5.08. The summed E-state index contributed by atoms with van der Waals surface area (Å²) in [5.41, 5.74) is 2.13. The molecule has 0 saturated heterocycles. The van der Waals surface area contributed by atoms with Crippen LogP contribution in [0.15, 0.2) is 58.4 Å². The molecule has 0 bridgehead atoms. The number of amidine groups is 1. The standard InChI is InChI=1S/C21H22N2O5S/c1-2-5-15-8-10-16(11-9-15)18(24)14-28-20(25)12-13-22-21-17-6-3-4-7-19(17)29(26,27)23-21/h3-4,6-11H,2,5,12-14H2,1H3,(H,22,23). The number of ketones is 1. The van der Waals surface area contributed by atoms with Gasteiger partial charge in [-0.3, -0.25) is 19.3 Å². The van der Waals surface area contributed by atoms with Crippen LogP contribution >= 0.6 is 0 Å². The third-order valence-corrected chi connectivity index (χ3v) is 5.82. The molecule has 1 aliphatic rings. The average Bonchev–Trinajstić information content (AvgIpc) is 2.97. The molecule has 0 radical (unpaired) electrons. The van der Waals surface area contributed by atoms with Crippen LogP contribution in [-0.4, -0.2) is 39.2 Å². The monoisotopic (exact) mass is 414 g/mol. The molecule has 8 heteroatoms. The van der Waals surface area contributed by atoms with Crippen molar-refractivity contribution in [3.63, 3.8) is 0 Å². The van der Waals surface area contributed by atoms with Crippen molar-refractivity contribution in [2.24, 2.45) is 4.99 Å². The number of carbonyl (C=O) groups is 2. The molecule has 1 N–H and O–H groups in total. The normalized spacial score (nSPS) is 15.6. The Morgan fingerprint density at radius 3 is 2.52 bits per heavy atom. The summed E-state index contributed by atoms with van der Waals surface area (Å²) in [4.78, 5) is 28.3. The molecule has 7 nitrogen and oxygen atoms in total. The Labute approximate surface area is 169 Å². The summed E-state index contributed by atoms with van der Waals surface area (Å²) in [6.07, 6.45) is 1.92. The number of rotatable bonds is 8. The van der Waals surface area contributed by atoms with Gasteiger partial charge in [-0.1, -0.05) is 49.7 Å². The van der Waals surface area contributed by atoms with Crippen molar-refractivity contribution in [2.75, 3.05) is 13.2 Å². The van der Waals surface area contributed by atoms with E-state index >= 15 is 0 Å². The van der Waals surface area contributed by atoms with E-state index in [0.717, 1.165) is 18.4 Å². The number of carbonyl (C=O) groups excluding carboxylic acids is 2. The largest absolute Gasteiger partial charge is 0.457 e. The minimum Gasteiger partial charge on any atom is -0.457 e. The molecule has 2 aromatic rings. The number of benzene rings is 2. The van der Waals surface area contributed by atoms with Crippen molar-refractivity contribution in [3.8, 4) is 0 Å². The Kier molecular flexibility index (Phi) is 6.43. The van der Waals surface area contributed by atoms with Gasteiger partial charge in [-0.25, -0.2) is 8.42 Å². The van der Waals surface area contributed by atoms with Crippen LogP contribution in [0, 0.1) is 0 Å². The van der Waals surface area contributed by atoms with Crippen molar-refractivity contribution in [1.82, 2.24) is 4.72 Å². The molecule has 29 heavy (non-hydrogen) atoms. The van der Waals surface area contributed by atoms with Crippen molar-refractivity contribution >= 4 is 27.6 Å². The van der Waals surface area contributed by atoms with E-state index in [2.05, 4.69) is 16.6 Å². The Balaban J connectivity index is 1.49. The van der Waals surface area contributed by atoms with Gasteiger partial charge in [-0.05, 0) is 24.1 Å². The fraction of sp³-hybridized carbons (Fsp3) is 0.286. The lowest BCUT2D eigenvalue weighted by atomic mass is 10.1. The summed E-state index contributed by atoms with van der Waals surface area (Å²) in [5, 5.41) is 0. The smallest absolute Gasteiger partial charge is 0.308 e. The van der Waals surface area contributed by atoms with E-state index in [-0.39, 0.29) is 36.1 Å². The van der Waals surface area contributed by atoms with E-state index in [1.807, 2.05) is 12.1 Å². The van der Waals surface area contributed by atoms with E-state index in [0.29, 0.717) is 11.1 Å². The number of hydrogen-bond acceptors (Lipinski definition) is 6. The molecule has 0 unspecified atom stereocenters. The highest BCUT2D eigenvalue weighted by Gasteiger charge is 2.29. The van der Waals surface area contributed by atoms with Crippen molar-refractivity contribution in [2.45, 2.75) is 31.1 Å². The lowest BCUT2D eigenvalue weighted by Crippen LogP contribution is -2.22. The highest BCUT2D eigenvalue weighted by Crippen LogP contribution is 2.22. The maximum Gasteiger partial charge on any atom is 0.308 e. The quantitative estimate of drug-likeness (QED) is 0.528. The lowest BCUT2D eigenvalue weighted by molar-refractivity contribution is -0.142. The molecule has 0 saturated carbocycles. The zero-order chi connectivity index (χ0) is 20.9. The summed E-state index contributed by atoms with van der Waals surface area (Å²) in [6, 6.07) is 13.7. The Morgan fingerprint density at radius 2 is 1.79 bits per heavy atom. The molecule has 0 amide bonds. The van der Waals surface area contributed by atoms with Gasteiger partial charge in [0.05, 0.1) is 17.9 Å². The SMILES string of the molecule is CCCc1ccc(C(=O)COC(=O)CCN=C2NS(=O)(=O)c3ccccc32)cc1. The first kappa shape index (κ1) is 20.7. The highest BCUT2D eigenvalue weighted by molar-refractivity contribution is 7.90. The van der Waals surface area contributed by atoms with Gasteiger partial charge in [0.15, 0.2) is 12.4 Å². The van der Waals surface area contributed by atoms with Gasteiger partial charge < -0.3 is 4.74 Å². The molecule has 152 valence electrons. The molecule has 1 aliphatic heterocycles. The van der Waals surface area contributed by atoms with Crippen LogP contribution in [0.3, 0.4) is 0 Å². The minimum absolute atomic E-state index is 0.0466. The molecule has 0 atom stereocenters. The molecule has 1 heterocycles. The first-order valence-corrected chi connectivity index (χ1v) is 10.8. The van der Waals surface area contributed by atoms with Gasteiger partial charge in [-0.2, -0.15) is 0 Å². The second-order valence-corrected chi connectivity index (χ2v) is 8.26. The Morgan fingerprint density at radius 1 is 1.07 bits per heavy atom. The van der Waals surface area contributed by atoms with E-state index in [4.69, 9.17) is 4.74 Å². The predicted octanol–water partition coefficient (Wildman–Crippen LogP) is 2.49. The zero-order valence-corrected chi connectivity index (χ0v) is 16.9. The van der Waals surface area contributed by atoms with E-state index in [9.17, 15) is 18.0 Å². The van der Waals surface area contributed by atoms with Crippen LogP contribution in [0.2, 0.25) is 0 Å². The minimum atomic E-state index is -3.61. The van der Waals surface area contributed by atoms with Crippen molar-refractivity contribution < 1.29 is 22.7 Å². The van der Waals surface area contributed by atoms with Crippen molar-refractivity contribution in [1.29, 1.82) is 0 Å². The first-order valence-electron chi connectivity index (χ1n) is 9.35. The van der Waals surface area contributed by atoms with Crippen LogP contribution in [0.1, 0.15) is 41.3 Å². The van der Waals surface area contributed by atoms with E-state index in [1.165, 1.54) is 6.07 Å². The lowest BCUT2D eigenvalue weighted by Gasteiger charge is -2.05. The number of esters is 1. The fourth-order valence-corrected chi connectivity index (χ4v) is 4.21. The van der Waals surface area contributed by atoms with Gasteiger partial charge in [0.25, 0.3) is 10.0 Å². The Bertz CT molecular complexity index is 1040. The van der Waals surface area contributed by atoms with E-state index in [1.54, 1.807) is 30.3 Å². The zero-order valence-electron chi connectivity index (χ0n) is 16.1. The number of aryl methyl sites for hydroxylation is 1. The number of nitrogens with zero attached hydrogens (tertiary/aromatic N) is 1. The molecule has 0 fully saturated rings. The van der Waals surface area contributed by atoms with Crippen LogP contribution in [0.4, 0.5) is 0 Å². The number of sulfonamides is 1. The van der Waals surface area contributed by atoms with Gasteiger partial charge in [0.2, 0.25) is 0 Å². The van der Waals surface area contributed by atoms with Gasteiger partial charge >= 0.3 is 5.97 Å². The van der Waals surface area contributed by atoms with Gasteiger partial charge in [0, 0.05) is 11.1 Å². The molecular formula is C21H22N2O5S. The van der Waals surface area contributed by atoms with Crippen molar-refractivity contribution in [3.05, 3.63) is 65.2 Å². The topological polar surface area (TPSA) is 102 Å². The summed E-state index contributed by atoms with van der Waals surface area (Å²) in [7, 11) is -3.61. The summed E-state index contributed by atoms with van der Waals surface area (Å²) in [6.45, 7) is 1.80. The molecule has 3 rings (SSSR count). The third-order valence-electron chi connectivity index (χ3n) is 4.43. The summed E-state index contributed by atoms with van der Waals surface area (Å²) < 4.78 is 31.4. The fourth-order valence-electron chi connectivity index (χ4n) is 2.96. The van der Waals surface area contributed by atoms with Crippen LogP contribution in [0.5, 0.6) is 0 Å². The predicted molar refractivity (Wildman–Crippen MR) is 109 cm³/mol. The first-order chi connectivity index (χ1) is 13.9. The van der Waals surface area contributed by atoms with Crippen LogP contribution < -0.4 is 4.72 Å². The number of nitrogens with one attached hydrogen (secondary N) is 1. The second-order valence-electron chi connectivity index (χ2n) is 6.61. The average molecular weight is 414 g/mol. The van der Waals surface area contributed by atoms with Gasteiger partial charge in [0.1, 0.15) is 5.84 Å².